The molecule has 0 saturated carbocycles. The van der Waals surface area contributed by atoms with Gasteiger partial charge in [-0.25, -0.2) is 9.97 Å². The number of aryl methyl sites for hydroxylation is 2. The van der Waals surface area contributed by atoms with Gasteiger partial charge in [0.25, 0.3) is 0 Å². The molecule has 90 valence electrons. The summed E-state index contributed by atoms with van der Waals surface area (Å²) in [5, 5.41) is 0. The van der Waals surface area contributed by atoms with Crippen molar-refractivity contribution in [2.45, 2.75) is 34.1 Å². The smallest absolute Gasteiger partial charge is 0.159 e. The molecule has 1 aromatic carbocycles. The van der Waals surface area contributed by atoms with E-state index in [0.29, 0.717) is 0 Å². The lowest BCUT2D eigenvalue weighted by atomic mass is 10.1. The monoisotopic (exact) mass is 228 g/mol. The summed E-state index contributed by atoms with van der Waals surface area (Å²) in [6, 6.07) is 8.39. The molecule has 2 rings (SSSR count). The second-order valence-corrected chi connectivity index (χ2v) is 3.63. The van der Waals surface area contributed by atoms with Gasteiger partial charge in [0.15, 0.2) is 5.82 Å². The van der Waals surface area contributed by atoms with Crippen LogP contribution >= 0.6 is 0 Å². The van der Waals surface area contributed by atoms with Crippen LogP contribution in [0, 0.1) is 6.92 Å². The van der Waals surface area contributed by atoms with Crippen LogP contribution < -0.4 is 0 Å². The molecule has 0 aliphatic carbocycles. The van der Waals surface area contributed by atoms with Crippen LogP contribution in [0.2, 0.25) is 0 Å². The van der Waals surface area contributed by atoms with Crippen molar-refractivity contribution in [2.24, 2.45) is 0 Å². The van der Waals surface area contributed by atoms with E-state index in [1.165, 1.54) is 5.56 Å². The summed E-state index contributed by atoms with van der Waals surface area (Å²) in [5.74, 6) is 0.795. The van der Waals surface area contributed by atoms with E-state index in [4.69, 9.17) is 0 Å². The molecule has 0 radical (unpaired) electrons. The SMILES string of the molecule is CC.CCc1ccc(-c2ncc(C)cn2)cc1. The first-order valence-electron chi connectivity index (χ1n) is 6.17. The van der Waals surface area contributed by atoms with Crippen LogP contribution in [0.3, 0.4) is 0 Å². The highest BCUT2D eigenvalue weighted by atomic mass is 14.9. The molecule has 0 amide bonds. The normalized spacial score (nSPS) is 9.41. The van der Waals surface area contributed by atoms with Gasteiger partial charge in [-0.05, 0) is 24.5 Å². The first-order chi connectivity index (χ1) is 8.29. The minimum atomic E-state index is 0.795. The van der Waals surface area contributed by atoms with Crippen molar-refractivity contribution in [1.29, 1.82) is 0 Å². The van der Waals surface area contributed by atoms with Gasteiger partial charge < -0.3 is 0 Å². The standard InChI is InChI=1S/C13H14N2.C2H6/c1-3-11-4-6-12(7-5-11)13-14-8-10(2)9-15-13;1-2/h4-9H,3H2,1-2H3;1-2H3. The fourth-order valence-corrected chi connectivity index (χ4v) is 1.43. The Balaban J connectivity index is 0.000000686. The highest BCUT2D eigenvalue weighted by Crippen LogP contribution is 2.15. The third-order valence-corrected chi connectivity index (χ3v) is 2.40. The second-order valence-electron chi connectivity index (χ2n) is 3.63. The zero-order valence-corrected chi connectivity index (χ0v) is 11.1. The predicted molar refractivity (Wildman–Crippen MR) is 72.9 cm³/mol. The maximum Gasteiger partial charge on any atom is 0.159 e. The molecule has 2 heteroatoms. The Morgan fingerprint density at radius 1 is 0.941 bits per heavy atom. The van der Waals surface area contributed by atoms with Crippen LogP contribution in [0.1, 0.15) is 31.9 Å². The van der Waals surface area contributed by atoms with Gasteiger partial charge in [0, 0.05) is 18.0 Å². The zero-order valence-electron chi connectivity index (χ0n) is 11.1. The largest absolute Gasteiger partial charge is 0.236 e. The highest BCUT2D eigenvalue weighted by Gasteiger charge is 1.99. The van der Waals surface area contributed by atoms with Gasteiger partial charge in [-0.1, -0.05) is 45.0 Å². The molecule has 0 aliphatic heterocycles. The number of aromatic nitrogens is 2. The Labute approximate surface area is 104 Å². The summed E-state index contributed by atoms with van der Waals surface area (Å²) in [4.78, 5) is 8.59. The predicted octanol–water partition coefficient (Wildman–Crippen LogP) is 4.04. The molecule has 0 atom stereocenters. The van der Waals surface area contributed by atoms with Crippen molar-refractivity contribution < 1.29 is 0 Å². The van der Waals surface area contributed by atoms with Crippen LogP contribution in [0.4, 0.5) is 0 Å². The Morgan fingerprint density at radius 3 is 1.94 bits per heavy atom. The topological polar surface area (TPSA) is 25.8 Å². The molecule has 0 N–H and O–H groups in total. The van der Waals surface area contributed by atoms with Crippen molar-refractivity contribution >= 4 is 0 Å². The maximum absolute atomic E-state index is 4.29. The summed E-state index contributed by atoms with van der Waals surface area (Å²) in [6.45, 7) is 8.14. The first kappa shape index (κ1) is 13.4. The molecule has 0 aliphatic rings. The lowest BCUT2D eigenvalue weighted by Crippen LogP contribution is -1.89. The number of hydrogen-bond acceptors (Lipinski definition) is 2. The third kappa shape index (κ3) is 3.66. The number of rotatable bonds is 2. The third-order valence-electron chi connectivity index (χ3n) is 2.40. The van der Waals surface area contributed by atoms with E-state index in [1.807, 2.05) is 33.2 Å². The molecular formula is C15H20N2. The van der Waals surface area contributed by atoms with E-state index in [9.17, 15) is 0 Å². The Bertz CT molecular complexity index is 429. The molecule has 0 unspecified atom stereocenters. The summed E-state index contributed by atoms with van der Waals surface area (Å²) in [6.07, 6.45) is 4.75. The van der Waals surface area contributed by atoms with Crippen LogP contribution in [-0.2, 0) is 6.42 Å². The van der Waals surface area contributed by atoms with Crippen molar-refractivity contribution in [2.75, 3.05) is 0 Å². The van der Waals surface area contributed by atoms with Crippen molar-refractivity contribution in [3.8, 4) is 11.4 Å². The van der Waals surface area contributed by atoms with Crippen LogP contribution in [-0.4, -0.2) is 9.97 Å². The molecule has 0 fully saturated rings. The van der Waals surface area contributed by atoms with Crippen LogP contribution in [0.5, 0.6) is 0 Å². The van der Waals surface area contributed by atoms with Crippen molar-refractivity contribution in [3.63, 3.8) is 0 Å². The highest BCUT2D eigenvalue weighted by molar-refractivity contribution is 5.54. The molecule has 0 bridgehead atoms. The van der Waals surface area contributed by atoms with E-state index >= 15 is 0 Å². The van der Waals surface area contributed by atoms with E-state index in [0.717, 1.165) is 23.4 Å². The van der Waals surface area contributed by atoms with Gasteiger partial charge in [-0.3, -0.25) is 0 Å². The van der Waals surface area contributed by atoms with Gasteiger partial charge in [0.1, 0.15) is 0 Å². The number of hydrogen-bond donors (Lipinski definition) is 0. The lowest BCUT2D eigenvalue weighted by Gasteiger charge is -2.01. The molecular weight excluding hydrogens is 208 g/mol. The Hall–Kier alpha value is -1.70. The maximum atomic E-state index is 4.29. The van der Waals surface area contributed by atoms with Crippen LogP contribution in [0.25, 0.3) is 11.4 Å². The second kappa shape index (κ2) is 6.79. The first-order valence-corrected chi connectivity index (χ1v) is 6.17. The molecule has 0 saturated heterocycles. The van der Waals surface area contributed by atoms with E-state index in [-0.39, 0.29) is 0 Å². The number of nitrogens with zero attached hydrogens (tertiary/aromatic N) is 2. The average Bonchev–Trinajstić information content (AvgIpc) is 2.42. The Kier molecular flexibility index (Phi) is 5.34. The minimum Gasteiger partial charge on any atom is -0.236 e. The lowest BCUT2D eigenvalue weighted by molar-refractivity contribution is 1.12. The Morgan fingerprint density at radius 2 is 1.47 bits per heavy atom. The molecule has 17 heavy (non-hydrogen) atoms. The fourth-order valence-electron chi connectivity index (χ4n) is 1.43. The van der Waals surface area contributed by atoms with Gasteiger partial charge in [0.2, 0.25) is 0 Å². The average molecular weight is 228 g/mol. The van der Waals surface area contributed by atoms with Crippen LogP contribution in [0.15, 0.2) is 36.7 Å². The molecule has 2 aromatic rings. The van der Waals surface area contributed by atoms with E-state index in [1.54, 1.807) is 0 Å². The summed E-state index contributed by atoms with van der Waals surface area (Å²) in [7, 11) is 0. The minimum absolute atomic E-state index is 0.795. The summed E-state index contributed by atoms with van der Waals surface area (Å²) >= 11 is 0. The van der Waals surface area contributed by atoms with E-state index in [2.05, 4.69) is 41.2 Å². The van der Waals surface area contributed by atoms with Crippen molar-refractivity contribution in [1.82, 2.24) is 9.97 Å². The number of benzene rings is 1. The van der Waals surface area contributed by atoms with Gasteiger partial charge in [0.05, 0.1) is 0 Å². The molecule has 1 aromatic heterocycles. The van der Waals surface area contributed by atoms with Gasteiger partial charge >= 0.3 is 0 Å². The summed E-state index contributed by atoms with van der Waals surface area (Å²) in [5.41, 5.74) is 3.50. The van der Waals surface area contributed by atoms with E-state index < -0.39 is 0 Å². The molecule has 2 nitrogen and oxygen atoms in total. The van der Waals surface area contributed by atoms with Gasteiger partial charge in [-0.2, -0.15) is 0 Å². The quantitative estimate of drug-likeness (QED) is 0.775. The fraction of sp³-hybridized carbons (Fsp3) is 0.333. The zero-order chi connectivity index (χ0) is 12.7. The van der Waals surface area contributed by atoms with Gasteiger partial charge in [-0.15, -0.1) is 0 Å². The molecule has 1 heterocycles. The molecule has 0 spiro atoms. The van der Waals surface area contributed by atoms with Crippen molar-refractivity contribution in [3.05, 3.63) is 47.8 Å². The summed E-state index contributed by atoms with van der Waals surface area (Å²) < 4.78 is 0.